The molecule has 2 unspecified atom stereocenters. The van der Waals surface area contributed by atoms with Crippen LogP contribution in [0.5, 0.6) is 0 Å². The average molecular weight is 1470 g/mol. The molecule has 0 saturated heterocycles. The number of hydrogen-bond donors (Lipinski definition) is 3. The van der Waals surface area contributed by atoms with E-state index >= 15 is 0 Å². The number of unbranched alkanes of at least 4 members (excludes halogenated alkanes) is 56. The molecule has 0 amide bonds. The second-order valence-electron chi connectivity index (χ2n) is 29.2. The average Bonchev–Trinajstić information content (AvgIpc) is 0.946. The predicted octanol–water partition coefficient (Wildman–Crippen LogP) is 24.6. The highest BCUT2D eigenvalue weighted by Gasteiger charge is 2.30. The molecule has 0 aliphatic heterocycles. The Labute approximate surface area is 613 Å². The van der Waals surface area contributed by atoms with Crippen LogP contribution in [-0.2, 0) is 65.4 Å². The van der Waals surface area contributed by atoms with E-state index in [9.17, 15) is 43.2 Å². The van der Waals surface area contributed by atoms with Gasteiger partial charge in [0.2, 0.25) is 0 Å². The summed E-state index contributed by atoms with van der Waals surface area (Å²) in [4.78, 5) is 72.9. The number of aliphatic hydroxyl groups excluding tert-OH is 1. The summed E-state index contributed by atoms with van der Waals surface area (Å²) in [5.41, 5.74) is 0. The summed E-state index contributed by atoms with van der Waals surface area (Å²) >= 11 is 0. The summed E-state index contributed by atoms with van der Waals surface area (Å²) < 4.78 is 68.6. The van der Waals surface area contributed by atoms with Crippen LogP contribution in [0.4, 0.5) is 0 Å². The van der Waals surface area contributed by atoms with Gasteiger partial charge in [0.05, 0.1) is 26.4 Å². The maximum Gasteiger partial charge on any atom is 0.472 e. The first-order valence-corrected chi connectivity index (χ1v) is 45.3. The van der Waals surface area contributed by atoms with Crippen LogP contribution in [0.25, 0.3) is 0 Å². The van der Waals surface area contributed by atoms with Gasteiger partial charge in [-0.1, -0.05) is 387 Å². The van der Waals surface area contributed by atoms with Crippen molar-refractivity contribution in [1.29, 1.82) is 0 Å². The number of esters is 4. The van der Waals surface area contributed by atoms with Gasteiger partial charge in [-0.05, 0) is 25.7 Å². The quantitative estimate of drug-likeness (QED) is 0.0222. The zero-order valence-electron chi connectivity index (χ0n) is 65.2. The Hall–Kier alpha value is -1.94. The van der Waals surface area contributed by atoms with Gasteiger partial charge in [-0.3, -0.25) is 37.3 Å². The van der Waals surface area contributed by atoms with Crippen molar-refractivity contribution in [1.82, 2.24) is 0 Å². The van der Waals surface area contributed by atoms with Gasteiger partial charge in [-0.15, -0.1) is 0 Å². The number of carbonyl (C=O) groups is 4. The summed E-state index contributed by atoms with van der Waals surface area (Å²) in [7, 11) is -9.91. The number of carbonyl (C=O) groups excluding carboxylic acids is 4. The first-order valence-electron chi connectivity index (χ1n) is 42.3. The molecule has 0 saturated carbocycles. The topological polar surface area (TPSA) is 237 Å². The third kappa shape index (κ3) is 74.3. The van der Waals surface area contributed by atoms with E-state index < -0.39 is 97.5 Å². The van der Waals surface area contributed by atoms with E-state index in [-0.39, 0.29) is 25.7 Å². The lowest BCUT2D eigenvalue weighted by Gasteiger charge is -2.21. The second kappa shape index (κ2) is 75.3. The van der Waals surface area contributed by atoms with E-state index in [1.165, 1.54) is 270 Å². The van der Waals surface area contributed by atoms with Gasteiger partial charge < -0.3 is 33.8 Å². The molecule has 0 aromatic carbocycles. The van der Waals surface area contributed by atoms with E-state index in [4.69, 9.17) is 37.0 Å². The van der Waals surface area contributed by atoms with Crippen LogP contribution >= 0.6 is 15.6 Å². The Bertz CT molecular complexity index is 1890. The van der Waals surface area contributed by atoms with E-state index in [2.05, 4.69) is 27.7 Å². The Balaban J connectivity index is 5.16. The van der Waals surface area contributed by atoms with E-state index in [1.54, 1.807) is 0 Å². The molecule has 0 rings (SSSR count). The van der Waals surface area contributed by atoms with Crippen LogP contribution < -0.4 is 0 Å². The lowest BCUT2D eigenvalue weighted by molar-refractivity contribution is -0.161. The molecule has 0 radical (unpaired) electrons. The van der Waals surface area contributed by atoms with Crippen molar-refractivity contribution >= 4 is 39.5 Å². The fraction of sp³-hybridized carbons (Fsp3) is 0.951. The summed E-state index contributed by atoms with van der Waals surface area (Å²) in [6, 6.07) is 0. The molecule has 3 N–H and O–H groups in total. The first kappa shape index (κ1) is 98.1. The maximum atomic E-state index is 13.1. The van der Waals surface area contributed by atoms with E-state index in [0.29, 0.717) is 25.7 Å². The first-order chi connectivity index (χ1) is 48.7. The van der Waals surface area contributed by atoms with Crippen LogP contribution in [0.15, 0.2) is 0 Å². The third-order valence-electron chi connectivity index (χ3n) is 19.1. The predicted molar refractivity (Wildman–Crippen MR) is 409 cm³/mol. The van der Waals surface area contributed by atoms with Crippen molar-refractivity contribution in [2.45, 2.75) is 457 Å². The van der Waals surface area contributed by atoms with E-state index in [0.717, 1.165) is 89.9 Å². The highest BCUT2D eigenvalue weighted by atomic mass is 31.2. The van der Waals surface area contributed by atoms with Gasteiger partial charge in [0.25, 0.3) is 0 Å². The van der Waals surface area contributed by atoms with Crippen LogP contribution in [0, 0.1) is 0 Å². The number of rotatable bonds is 82. The second-order valence-corrected chi connectivity index (χ2v) is 32.1. The third-order valence-corrected chi connectivity index (χ3v) is 21.0. The number of phosphoric ester groups is 2. The fourth-order valence-corrected chi connectivity index (χ4v) is 14.2. The summed E-state index contributed by atoms with van der Waals surface area (Å²) in [6.45, 7) is 4.99. The number of ether oxygens (including phenoxy) is 4. The normalized spacial score (nSPS) is 13.8. The highest BCUT2D eigenvalue weighted by molar-refractivity contribution is 7.47. The summed E-state index contributed by atoms with van der Waals surface area (Å²) in [5.74, 6) is -2.11. The molecule has 0 bridgehead atoms. The van der Waals surface area contributed by atoms with Crippen molar-refractivity contribution in [3.63, 3.8) is 0 Å². The molecule has 17 nitrogen and oxygen atoms in total. The molecule has 19 heteroatoms. The minimum absolute atomic E-state index is 0.108. The minimum atomic E-state index is -4.96. The van der Waals surface area contributed by atoms with Crippen molar-refractivity contribution in [2.24, 2.45) is 0 Å². The van der Waals surface area contributed by atoms with Gasteiger partial charge in [0.1, 0.15) is 19.3 Å². The van der Waals surface area contributed by atoms with Crippen LogP contribution in [0.1, 0.15) is 439 Å². The highest BCUT2D eigenvalue weighted by Crippen LogP contribution is 2.45. The maximum absolute atomic E-state index is 13.1. The molecule has 5 atom stereocenters. The van der Waals surface area contributed by atoms with Crippen LogP contribution in [-0.4, -0.2) is 96.7 Å². The number of phosphoric acid groups is 2. The molecular formula is C81H158O17P2. The number of hydrogen-bond acceptors (Lipinski definition) is 15. The number of aliphatic hydroxyl groups is 1. The van der Waals surface area contributed by atoms with Crippen molar-refractivity contribution in [2.75, 3.05) is 39.6 Å². The fourth-order valence-electron chi connectivity index (χ4n) is 12.6. The van der Waals surface area contributed by atoms with Gasteiger partial charge in [0.15, 0.2) is 12.2 Å². The Morgan fingerprint density at radius 3 is 0.590 bits per heavy atom. The molecule has 594 valence electrons. The van der Waals surface area contributed by atoms with Crippen molar-refractivity contribution < 1.29 is 80.2 Å². The van der Waals surface area contributed by atoms with Crippen LogP contribution in [0.2, 0.25) is 0 Å². The van der Waals surface area contributed by atoms with Gasteiger partial charge in [0, 0.05) is 25.7 Å². The zero-order chi connectivity index (χ0) is 73.2. The molecule has 0 heterocycles. The molecule has 0 aliphatic rings. The van der Waals surface area contributed by atoms with Gasteiger partial charge in [-0.25, -0.2) is 9.13 Å². The summed E-state index contributed by atoms with van der Waals surface area (Å²) in [5, 5.41) is 10.6. The van der Waals surface area contributed by atoms with Crippen LogP contribution in [0.3, 0.4) is 0 Å². The standard InChI is InChI=1S/C81H158O17P2/c1-5-9-13-17-21-25-28-31-33-35-37-38-39-40-42-44-46-49-52-56-60-64-68-81(86)98-77(72-92-79(84)66-62-58-54-50-48-45-43-41-36-34-32-29-26-22-18-14-10-6-2)74-96-100(89,90)94-70-75(82)69-93-99(87,88)95-73-76(71-91-78(83)65-61-57-53-24-20-16-12-8-4)97-80(85)67-63-59-55-51-47-30-27-23-19-15-11-7-3/h75-77,82H,5-74H2,1-4H3,(H,87,88)(H,89,90)/t75-,76+,77+/m0/s1. The molecular weight excluding hydrogens is 1310 g/mol. The summed E-state index contributed by atoms with van der Waals surface area (Å²) in [6.07, 6.45) is 68.2. The zero-order valence-corrected chi connectivity index (χ0v) is 67.0. The Morgan fingerprint density at radius 1 is 0.240 bits per heavy atom. The van der Waals surface area contributed by atoms with Crippen molar-refractivity contribution in [3.8, 4) is 0 Å². The smallest absolute Gasteiger partial charge is 0.462 e. The lowest BCUT2D eigenvalue weighted by atomic mass is 10.0. The molecule has 0 aromatic heterocycles. The van der Waals surface area contributed by atoms with Gasteiger partial charge in [-0.2, -0.15) is 0 Å². The van der Waals surface area contributed by atoms with Crippen molar-refractivity contribution in [3.05, 3.63) is 0 Å². The monoisotopic (exact) mass is 1470 g/mol. The van der Waals surface area contributed by atoms with Gasteiger partial charge >= 0.3 is 39.5 Å². The molecule has 0 aliphatic carbocycles. The lowest BCUT2D eigenvalue weighted by Crippen LogP contribution is -2.30. The largest absolute Gasteiger partial charge is 0.472 e. The minimum Gasteiger partial charge on any atom is -0.462 e. The molecule has 0 fully saturated rings. The Morgan fingerprint density at radius 2 is 0.400 bits per heavy atom. The Kier molecular flexibility index (Phi) is 73.8. The molecule has 0 spiro atoms. The van der Waals surface area contributed by atoms with E-state index in [1.807, 2.05) is 0 Å². The molecule has 100 heavy (non-hydrogen) atoms. The SMILES string of the molecule is CCCCCCCCCCCCCCCCCCCCCCCCC(=O)O[C@H](COC(=O)CCCCCCCCCCCCCCCCCCCC)COP(=O)(O)OC[C@@H](O)COP(=O)(O)OC[C@@H](COC(=O)CCCCCCCCCC)OC(=O)CCCCCCCCCCCCCC. The molecule has 0 aromatic rings.